The third-order valence-electron chi connectivity index (χ3n) is 8.73. The Bertz CT molecular complexity index is 1440. The summed E-state index contributed by atoms with van der Waals surface area (Å²) in [5.41, 5.74) is 4.71. The van der Waals surface area contributed by atoms with E-state index >= 15 is 0 Å². The molecule has 1 saturated heterocycles. The van der Waals surface area contributed by atoms with Crippen molar-refractivity contribution in [1.82, 2.24) is 15.0 Å². The molecule has 5 atom stereocenters. The molecule has 0 aliphatic carbocycles. The summed E-state index contributed by atoms with van der Waals surface area (Å²) in [4.78, 5) is 24.7. The van der Waals surface area contributed by atoms with E-state index in [1.807, 2.05) is 96.8 Å². The molecular formula is C34H42N4O4Si. The minimum absolute atomic E-state index is 0.0366. The standard InChI is InChI=1S/C34H42N4O4Si/c1-25-32(19-16-26-14-17-29(18-15-26)38(24-40)28-12-8-5-9-13-28)42-33(34(25)43(2,3)41)20-21-37-22-31(35-36-37)30(23-39)27-10-6-4-7-11-27/h4-15,17-18,22,24-25,30,32-34,39,41H,16,19-21,23H2,1-3H3/t25-,30?,32+,33-,34+/m1/s1. The quantitative estimate of drug-likeness (QED) is 0.152. The number of rotatable bonds is 13. The van der Waals surface area contributed by atoms with Crippen LogP contribution in [0.4, 0.5) is 11.4 Å². The number of aromatic nitrogens is 3. The summed E-state index contributed by atoms with van der Waals surface area (Å²) < 4.78 is 8.48. The van der Waals surface area contributed by atoms with Crippen LogP contribution in [0.2, 0.25) is 18.6 Å². The lowest BCUT2D eigenvalue weighted by Crippen LogP contribution is -2.40. The van der Waals surface area contributed by atoms with Crippen molar-refractivity contribution in [3.63, 3.8) is 0 Å². The van der Waals surface area contributed by atoms with Gasteiger partial charge in [-0.2, -0.15) is 0 Å². The molecule has 0 radical (unpaired) electrons. The molecule has 1 unspecified atom stereocenters. The van der Waals surface area contributed by atoms with Crippen molar-refractivity contribution in [2.45, 2.75) is 69.5 Å². The molecule has 9 heteroatoms. The second-order valence-corrected chi connectivity index (χ2v) is 16.1. The van der Waals surface area contributed by atoms with E-state index in [9.17, 15) is 14.7 Å². The van der Waals surface area contributed by atoms with Crippen molar-refractivity contribution in [2.24, 2.45) is 5.92 Å². The van der Waals surface area contributed by atoms with Gasteiger partial charge in [-0.3, -0.25) is 14.4 Å². The highest BCUT2D eigenvalue weighted by molar-refractivity contribution is 6.71. The Morgan fingerprint density at radius 2 is 1.60 bits per heavy atom. The van der Waals surface area contributed by atoms with Gasteiger partial charge in [-0.1, -0.05) is 72.8 Å². The fraction of sp³-hybridized carbons (Fsp3) is 0.382. The van der Waals surface area contributed by atoms with Crippen LogP contribution >= 0.6 is 0 Å². The average molecular weight is 599 g/mol. The predicted octanol–water partition coefficient (Wildman–Crippen LogP) is 5.69. The smallest absolute Gasteiger partial charge is 0.218 e. The zero-order chi connectivity index (χ0) is 30.4. The molecule has 43 heavy (non-hydrogen) atoms. The summed E-state index contributed by atoms with van der Waals surface area (Å²) in [6.45, 7) is 6.82. The largest absolute Gasteiger partial charge is 0.432 e. The topological polar surface area (TPSA) is 101 Å². The summed E-state index contributed by atoms with van der Waals surface area (Å²) in [6.07, 6.45) is 5.18. The molecular weight excluding hydrogens is 556 g/mol. The molecule has 1 aliphatic heterocycles. The van der Waals surface area contributed by atoms with Gasteiger partial charge < -0.3 is 14.6 Å². The summed E-state index contributed by atoms with van der Waals surface area (Å²) in [6, 6.07) is 27.6. The number of benzene rings is 3. The minimum Gasteiger partial charge on any atom is -0.432 e. The van der Waals surface area contributed by atoms with Gasteiger partial charge in [-0.25, -0.2) is 0 Å². The lowest BCUT2D eigenvalue weighted by Gasteiger charge is -2.30. The zero-order valence-corrected chi connectivity index (χ0v) is 26.2. The number of aliphatic hydroxyl groups is 1. The third-order valence-corrected chi connectivity index (χ3v) is 11.3. The molecule has 0 bridgehead atoms. The number of hydrogen-bond acceptors (Lipinski definition) is 6. The summed E-state index contributed by atoms with van der Waals surface area (Å²) >= 11 is 0. The van der Waals surface area contributed by atoms with Gasteiger partial charge in [0.05, 0.1) is 30.4 Å². The van der Waals surface area contributed by atoms with Crippen molar-refractivity contribution in [3.05, 3.63) is 108 Å². The van der Waals surface area contributed by atoms with Crippen molar-refractivity contribution in [1.29, 1.82) is 0 Å². The van der Waals surface area contributed by atoms with Crippen molar-refractivity contribution >= 4 is 26.1 Å². The molecule has 1 fully saturated rings. The van der Waals surface area contributed by atoms with Crippen LogP contribution in [0.15, 0.2) is 91.1 Å². The molecule has 2 N–H and O–H groups in total. The highest BCUT2D eigenvalue weighted by atomic mass is 28.4. The SMILES string of the molecule is C[C@H]1[C@H]([Si](C)(C)O)[C@@H](CCn2cc(C(CO)c3ccccc3)nn2)O[C@H]1CCc1ccc(N(C=O)c2ccccc2)cc1. The van der Waals surface area contributed by atoms with E-state index in [1.54, 1.807) is 4.90 Å². The molecule has 1 amide bonds. The molecule has 4 aromatic rings. The molecule has 0 spiro atoms. The second-order valence-electron chi connectivity index (χ2n) is 12.1. The van der Waals surface area contributed by atoms with E-state index in [1.165, 1.54) is 5.56 Å². The molecule has 5 rings (SSSR count). The van der Waals surface area contributed by atoms with Crippen LogP contribution in [0.1, 0.15) is 42.5 Å². The number of anilines is 2. The Balaban J connectivity index is 1.21. The number of carbonyl (C=O) groups excluding carboxylic acids is 1. The van der Waals surface area contributed by atoms with Gasteiger partial charge in [-0.15, -0.1) is 5.10 Å². The Morgan fingerprint density at radius 1 is 0.953 bits per heavy atom. The van der Waals surface area contributed by atoms with Gasteiger partial charge in [0, 0.05) is 29.7 Å². The Labute approximate surface area is 255 Å². The monoisotopic (exact) mass is 598 g/mol. The first-order chi connectivity index (χ1) is 20.8. The average Bonchev–Trinajstić information content (AvgIpc) is 3.61. The number of ether oxygens (including phenoxy) is 1. The van der Waals surface area contributed by atoms with Gasteiger partial charge in [-0.05, 0) is 73.7 Å². The summed E-state index contributed by atoms with van der Waals surface area (Å²) in [7, 11) is -2.50. The first kappa shape index (κ1) is 30.8. The van der Waals surface area contributed by atoms with Gasteiger partial charge in [0.25, 0.3) is 0 Å². The molecule has 8 nitrogen and oxygen atoms in total. The van der Waals surface area contributed by atoms with Gasteiger partial charge >= 0.3 is 0 Å². The summed E-state index contributed by atoms with van der Waals surface area (Å²) in [5, 5.41) is 18.7. The third kappa shape index (κ3) is 7.30. The fourth-order valence-corrected chi connectivity index (χ4v) is 9.22. The van der Waals surface area contributed by atoms with E-state index in [-0.39, 0.29) is 36.2 Å². The number of para-hydroxylation sites is 1. The maximum Gasteiger partial charge on any atom is 0.218 e. The number of aryl methyl sites for hydroxylation is 2. The molecule has 1 aromatic heterocycles. The number of aliphatic hydroxyl groups excluding tert-OH is 1. The van der Waals surface area contributed by atoms with E-state index in [0.29, 0.717) is 6.54 Å². The first-order valence-corrected chi connectivity index (χ1v) is 18.1. The second kappa shape index (κ2) is 13.8. The van der Waals surface area contributed by atoms with Crippen LogP contribution in [-0.2, 0) is 22.5 Å². The molecule has 3 aromatic carbocycles. The van der Waals surface area contributed by atoms with Crippen LogP contribution in [0.5, 0.6) is 0 Å². The lowest BCUT2D eigenvalue weighted by molar-refractivity contribution is -0.106. The maximum atomic E-state index is 11.8. The van der Waals surface area contributed by atoms with Crippen LogP contribution in [0.25, 0.3) is 0 Å². The highest BCUT2D eigenvalue weighted by Gasteiger charge is 2.49. The van der Waals surface area contributed by atoms with Gasteiger partial charge in [0.1, 0.15) is 0 Å². The van der Waals surface area contributed by atoms with Crippen LogP contribution in [0.3, 0.4) is 0 Å². The Hall–Kier alpha value is -3.63. The van der Waals surface area contributed by atoms with Crippen LogP contribution in [-0.4, -0.2) is 58.4 Å². The number of nitrogens with zero attached hydrogens (tertiary/aromatic N) is 4. The lowest BCUT2D eigenvalue weighted by atomic mass is 9.95. The number of carbonyl (C=O) groups is 1. The van der Waals surface area contributed by atoms with Crippen LogP contribution in [0, 0.1) is 5.92 Å². The normalized spacial score (nSPS) is 21.0. The minimum atomic E-state index is -2.50. The van der Waals surface area contributed by atoms with E-state index in [0.717, 1.165) is 48.3 Å². The van der Waals surface area contributed by atoms with E-state index in [2.05, 4.69) is 29.4 Å². The molecule has 1 aliphatic rings. The highest BCUT2D eigenvalue weighted by Crippen LogP contribution is 2.45. The maximum absolute atomic E-state index is 11.8. The van der Waals surface area contributed by atoms with E-state index < -0.39 is 8.32 Å². The fourth-order valence-electron chi connectivity index (χ4n) is 6.57. The Morgan fingerprint density at radius 3 is 2.23 bits per heavy atom. The van der Waals surface area contributed by atoms with Crippen molar-refractivity contribution in [2.75, 3.05) is 11.5 Å². The van der Waals surface area contributed by atoms with Crippen molar-refractivity contribution in [3.8, 4) is 0 Å². The van der Waals surface area contributed by atoms with E-state index in [4.69, 9.17) is 4.74 Å². The van der Waals surface area contributed by atoms with Crippen molar-refractivity contribution < 1.29 is 19.4 Å². The summed E-state index contributed by atoms with van der Waals surface area (Å²) in [5.74, 6) is 0.0234. The number of amides is 1. The Kier molecular flexibility index (Phi) is 9.87. The van der Waals surface area contributed by atoms with Gasteiger partial charge in [0.2, 0.25) is 6.41 Å². The molecule has 2 heterocycles. The zero-order valence-electron chi connectivity index (χ0n) is 25.2. The predicted molar refractivity (Wildman–Crippen MR) is 171 cm³/mol. The van der Waals surface area contributed by atoms with Gasteiger partial charge in [0.15, 0.2) is 8.32 Å². The number of hydrogen-bond donors (Lipinski definition) is 2. The van der Waals surface area contributed by atoms with Crippen LogP contribution < -0.4 is 4.90 Å². The molecule has 0 saturated carbocycles. The first-order valence-electron chi connectivity index (χ1n) is 15.1. The molecule has 226 valence electrons.